The zero-order valence-electron chi connectivity index (χ0n) is 23.7. The molecule has 0 aromatic heterocycles. The van der Waals surface area contributed by atoms with Crippen molar-refractivity contribution in [3.8, 4) is 5.75 Å². The normalized spacial score (nSPS) is 14.9. The van der Waals surface area contributed by atoms with Crippen molar-refractivity contribution in [2.75, 3.05) is 37.7 Å². The van der Waals surface area contributed by atoms with Gasteiger partial charge in [-0.1, -0.05) is 23.7 Å². The van der Waals surface area contributed by atoms with E-state index in [1.165, 1.54) is 24.0 Å². The molecule has 2 N–H and O–H groups in total. The fourth-order valence-electron chi connectivity index (χ4n) is 4.22. The molecule has 232 valence electrons. The molecule has 1 aliphatic heterocycles. The van der Waals surface area contributed by atoms with Crippen LogP contribution < -0.4 is 10.5 Å². The molecule has 0 saturated carbocycles. The van der Waals surface area contributed by atoms with Crippen LogP contribution in [0.15, 0.2) is 36.4 Å². The summed E-state index contributed by atoms with van der Waals surface area (Å²) < 4.78 is 76.2. The maximum Gasteiger partial charge on any atom is 0.573 e. The van der Waals surface area contributed by atoms with E-state index in [-0.39, 0.29) is 30.9 Å². The Kier molecular flexibility index (Phi) is 10.3. The van der Waals surface area contributed by atoms with Gasteiger partial charge in [0.2, 0.25) is 10.0 Å². The van der Waals surface area contributed by atoms with Gasteiger partial charge >= 0.3 is 12.5 Å². The fraction of sp³-hybridized carbons (Fsp3) is 0.481. The van der Waals surface area contributed by atoms with E-state index >= 15 is 0 Å². The third-order valence-electron chi connectivity index (χ3n) is 6.25. The van der Waals surface area contributed by atoms with Gasteiger partial charge in [0.05, 0.1) is 17.9 Å². The maximum atomic E-state index is 13.5. The Morgan fingerprint density at radius 1 is 1.07 bits per heavy atom. The van der Waals surface area contributed by atoms with E-state index in [1.807, 2.05) is 0 Å². The number of piperazine rings is 1. The predicted molar refractivity (Wildman–Crippen MR) is 151 cm³/mol. The lowest BCUT2D eigenvalue weighted by Gasteiger charge is -2.35. The van der Waals surface area contributed by atoms with Crippen LogP contribution in [-0.4, -0.2) is 78.4 Å². The highest BCUT2D eigenvalue weighted by atomic mass is 35.5. The molecule has 2 aromatic rings. The van der Waals surface area contributed by atoms with Gasteiger partial charge in [-0.05, 0) is 57.5 Å². The topological polar surface area (TPSA) is 122 Å². The Hall–Kier alpha value is -3.23. The van der Waals surface area contributed by atoms with Crippen molar-refractivity contribution in [1.82, 2.24) is 14.1 Å². The molecular formula is C27H34ClF3N4O6S. The summed E-state index contributed by atoms with van der Waals surface area (Å²) in [4.78, 5) is 29.2. The molecule has 15 heteroatoms. The van der Waals surface area contributed by atoms with Crippen molar-refractivity contribution in [2.45, 2.75) is 52.7 Å². The SMILES string of the molecule is CCS(=O)(=O)N(Cc1cccc(Cl)c1)C(=O)c1cc(OC(F)(F)F)c(CN2CCN(C(=O)OC(C)(C)C)CC2)cc1N. The standard InChI is InChI=1S/C27H34ClF3N4O6S/c1-5-42(38,39)35(16-18-7-6-8-20(28)13-18)24(36)21-15-23(40-27(29,30)31)19(14-22(21)32)17-33-9-11-34(12-10-33)25(37)41-26(2,3)4/h6-8,13-15H,5,9-12,16-17,32H2,1-4H3. The van der Waals surface area contributed by atoms with Crippen LogP contribution in [0.1, 0.15) is 49.2 Å². The number of nitrogens with zero attached hydrogens (tertiary/aromatic N) is 3. The van der Waals surface area contributed by atoms with Crippen LogP contribution in [0.5, 0.6) is 5.75 Å². The number of benzene rings is 2. The lowest BCUT2D eigenvalue weighted by Crippen LogP contribution is -2.49. The molecule has 0 aliphatic carbocycles. The van der Waals surface area contributed by atoms with Gasteiger partial charge in [0, 0.05) is 49.0 Å². The average molecular weight is 635 g/mol. The third kappa shape index (κ3) is 9.13. The molecule has 3 rings (SSSR count). The predicted octanol–water partition coefficient (Wildman–Crippen LogP) is 4.87. The first-order valence-electron chi connectivity index (χ1n) is 13.1. The summed E-state index contributed by atoms with van der Waals surface area (Å²) in [6.07, 6.45) is -5.59. The van der Waals surface area contributed by atoms with Gasteiger partial charge in [-0.15, -0.1) is 13.2 Å². The van der Waals surface area contributed by atoms with Crippen LogP contribution in [0.25, 0.3) is 0 Å². The highest BCUT2D eigenvalue weighted by Gasteiger charge is 2.35. The number of halogens is 4. The molecule has 0 bridgehead atoms. The highest BCUT2D eigenvalue weighted by Crippen LogP contribution is 2.33. The Balaban J connectivity index is 1.89. The number of ether oxygens (including phenoxy) is 2. The number of alkyl halides is 3. The van der Waals surface area contributed by atoms with Gasteiger partial charge in [0.15, 0.2) is 0 Å². The molecule has 0 radical (unpaired) electrons. The largest absolute Gasteiger partial charge is 0.573 e. The number of amides is 2. The van der Waals surface area contributed by atoms with Crippen LogP contribution in [0.3, 0.4) is 0 Å². The third-order valence-corrected chi connectivity index (χ3v) is 8.18. The number of anilines is 1. The maximum absolute atomic E-state index is 13.5. The number of carbonyl (C=O) groups is 2. The van der Waals surface area contributed by atoms with Crippen molar-refractivity contribution in [3.05, 3.63) is 58.1 Å². The van der Waals surface area contributed by atoms with Gasteiger partial charge < -0.3 is 20.1 Å². The molecule has 0 spiro atoms. The minimum atomic E-state index is -5.10. The number of nitrogen functional groups attached to an aromatic ring is 1. The first-order chi connectivity index (χ1) is 19.4. The van der Waals surface area contributed by atoms with E-state index in [9.17, 15) is 31.2 Å². The number of rotatable bonds is 8. The molecule has 42 heavy (non-hydrogen) atoms. The highest BCUT2D eigenvalue weighted by molar-refractivity contribution is 7.89. The molecule has 2 amide bonds. The lowest BCUT2D eigenvalue weighted by molar-refractivity contribution is -0.275. The van der Waals surface area contributed by atoms with E-state index in [2.05, 4.69) is 4.74 Å². The van der Waals surface area contributed by atoms with Crippen LogP contribution in [0.4, 0.5) is 23.7 Å². The number of sulfonamides is 1. The van der Waals surface area contributed by atoms with Crippen LogP contribution in [-0.2, 0) is 27.8 Å². The smallest absolute Gasteiger partial charge is 0.444 e. The summed E-state index contributed by atoms with van der Waals surface area (Å²) in [7, 11) is -4.17. The molecule has 1 heterocycles. The van der Waals surface area contributed by atoms with Crippen molar-refractivity contribution in [1.29, 1.82) is 0 Å². The zero-order valence-corrected chi connectivity index (χ0v) is 25.3. The Morgan fingerprint density at radius 2 is 1.71 bits per heavy atom. The van der Waals surface area contributed by atoms with Crippen molar-refractivity contribution >= 4 is 39.3 Å². The van der Waals surface area contributed by atoms with Crippen LogP contribution >= 0.6 is 11.6 Å². The first kappa shape index (κ1) is 33.3. The van der Waals surface area contributed by atoms with E-state index < -0.39 is 57.6 Å². The zero-order chi connectivity index (χ0) is 31.5. The van der Waals surface area contributed by atoms with Gasteiger partial charge in [0.1, 0.15) is 11.4 Å². The first-order valence-corrected chi connectivity index (χ1v) is 15.0. The monoisotopic (exact) mass is 634 g/mol. The Morgan fingerprint density at radius 3 is 2.26 bits per heavy atom. The summed E-state index contributed by atoms with van der Waals surface area (Å²) in [5.74, 6) is -2.25. The molecule has 10 nitrogen and oxygen atoms in total. The van der Waals surface area contributed by atoms with E-state index in [0.29, 0.717) is 28.0 Å². The summed E-state index contributed by atoms with van der Waals surface area (Å²) >= 11 is 6.00. The number of hydrogen-bond donors (Lipinski definition) is 1. The summed E-state index contributed by atoms with van der Waals surface area (Å²) in [6, 6.07) is 8.16. The van der Waals surface area contributed by atoms with E-state index in [1.54, 1.807) is 43.9 Å². The second kappa shape index (κ2) is 13.0. The lowest BCUT2D eigenvalue weighted by atomic mass is 10.1. The summed E-state index contributed by atoms with van der Waals surface area (Å²) in [5, 5.41) is 0.311. The van der Waals surface area contributed by atoms with Crippen molar-refractivity contribution < 1.29 is 40.7 Å². The summed E-state index contributed by atoms with van der Waals surface area (Å²) in [5.41, 5.74) is 5.20. The minimum Gasteiger partial charge on any atom is -0.444 e. The van der Waals surface area contributed by atoms with Gasteiger partial charge in [-0.3, -0.25) is 9.69 Å². The molecule has 1 fully saturated rings. The second-order valence-electron chi connectivity index (χ2n) is 10.7. The van der Waals surface area contributed by atoms with E-state index in [4.69, 9.17) is 22.1 Å². The Bertz CT molecular complexity index is 1410. The van der Waals surface area contributed by atoms with Crippen molar-refractivity contribution in [2.24, 2.45) is 0 Å². The summed E-state index contributed by atoms with van der Waals surface area (Å²) in [6.45, 7) is 7.35. The van der Waals surface area contributed by atoms with E-state index in [0.717, 1.165) is 6.07 Å². The second-order valence-corrected chi connectivity index (χ2v) is 13.3. The molecule has 0 unspecified atom stereocenters. The van der Waals surface area contributed by atoms with Gasteiger partial charge in [0.25, 0.3) is 5.91 Å². The minimum absolute atomic E-state index is 0.0341. The average Bonchev–Trinajstić information content (AvgIpc) is 2.87. The molecule has 1 saturated heterocycles. The molecule has 1 aliphatic rings. The molecular weight excluding hydrogens is 601 g/mol. The fourth-order valence-corrected chi connectivity index (χ4v) is 5.44. The quantitative estimate of drug-likeness (QED) is 0.409. The molecule has 2 aromatic carbocycles. The number of carbonyl (C=O) groups excluding carboxylic acids is 2. The van der Waals surface area contributed by atoms with Crippen LogP contribution in [0, 0.1) is 0 Å². The van der Waals surface area contributed by atoms with Gasteiger partial charge in [-0.25, -0.2) is 17.5 Å². The number of hydrogen-bond acceptors (Lipinski definition) is 8. The molecule has 0 atom stereocenters. The van der Waals surface area contributed by atoms with Crippen molar-refractivity contribution in [3.63, 3.8) is 0 Å². The Labute approximate surface area is 248 Å². The van der Waals surface area contributed by atoms with Gasteiger partial charge in [-0.2, -0.15) is 0 Å². The number of nitrogens with two attached hydrogens (primary N) is 1. The van der Waals surface area contributed by atoms with Crippen LogP contribution in [0.2, 0.25) is 5.02 Å².